The van der Waals surface area contributed by atoms with E-state index in [1.165, 1.54) is 9.80 Å². The quantitative estimate of drug-likeness (QED) is 0.816. The maximum absolute atomic E-state index is 12.6. The minimum atomic E-state index is -0.540. The van der Waals surface area contributed by atoms with E-state index < -0.39 is 6.04 Å². The summed E-state index contributed by atoms with van der Waals surface area (Å²) >= 11 is 0. The van der Waals surface area contributed by atoms with Gasteiger partial charge in [-0.05, 0) is 24.6 Å². The van der Waals surface area contributed by atoms with Crippen molar-refractivity contribution in [1.82, 2.24) is 15.1 Å². The first-order valence-corrected chi connectivity index (χ1v) is 6.94. The number of carbonyl (C=O) groups is 2. The van der Waals surface area contributed by atoms with Crippen molar-refractivity contribution in [3.05, 3.63) is 29.3 Å². The molecule has 1 aromatic rings. The summed E-state index contributed by atoms with van der Waals surface area (Å²) in [7, 11) is 3.34. The van der Waals surface area contributed by atoms with Crippen LogP contribution >= 0.6 is 0 Å². The zero-order valence-corrected chi connectivity index (χ0v) is 12.6. The largest absolute Gasteiger partial charge is 0.507 e. The van der Waals surface area contributed by atoms with Crippen LogP contribution in [0.1, 0.15) is 15.9 Å². The van der Waals surface area contributed by atoms with Crippen molar-refractivity contribution in [2.24, 2.45) is 0 Å². The summed E-state index contributed by atoms with van der Waals surface area (Å²) in [5.74, 6) is -0.481. The Balaban J connectivity index is 2.28. The molecule has 0 aromatic heterocycles. The maximum atomic E-state index is 12.6. The van der Waals surface area contributed by atoms with Crippen molar-refractivity contribution < 1.29 is 14.7 Å². The van der Waals surface area contributed by atoms with Gasteiger partial charge in [0.25, 0.3) is 5.91 Å². The Morgan fingerprint density at radius 1 is 1.38 bits per heavy atom. The molecule has 1 aromatic carbocycles. The van der Waals surface area contributed by atoms with E-state index in [1.54, 1.807) is 32.3 Å². The fourth-order valence-corrected chi connectivity index (χ4v) is 2.44. The monoisotopic (exact) mass is 291 g/mol. The fraction of sp³-hybridized carbons (Fsp3) is 0.467. The lowest BCUT2D eigenvalue weighted by Crippen LogP contribution is -2.59. The van der Waals surface area contributed by atoms with Crippen molar-refractivity contribution >= 4 is 11.8 Å². The minimum Gasteiger partial charge on any atom is -0.507 e. The fourth-order valence-electron chi connectivity index (χ4n) is 2.44. The minimum absolute atomic E-state index is 0.0467. The number of piperazine rings is 1. The van der Waals surface area contributed by atoms with Gasteiger partial charge in [-0.2, -0.15) is 0 Å². The van der Waals surface area contributed by atoms with Gasteiger partial charge in [-0.1, -0.05) is 6.07 Å². The van der Waals surface area contributed by atoms with Gasteiger partial charge in [0.1, 0.15) is 11.8 Å². The second kappa shape index (κ2) is 6.13. The highest BCUT2D eigenvalue weighted by molar-refractivity contribution is 5.99. The summed E-state index contributed by atoms with van der Waals surface area (Å²) in [5, 5.41) is 13.1. The average Bonchev–Trinajstić information content (AvgIpc) is 2.45. The molecular formula is C15H21N3O3. The van der Waals surface area contributed by atoms with E-state index in [0.29, 0.717) is 19.6 Å². The number of rotatable bonds is 2. The third-order valence-corrected chi connectivity index (χ3v) is 3.61. The number of nitrogens with zero attached hydrogens (tertiary/aromatic N) is 2. The van der Waals surface area contributed by atoms with Gasteiger partial charge in [-0.15, -0.1) is 0 Å². The van der Waals surface area contributed by atoms with E-state index in [2.05, 4.69) is 5.32 Å². The standard InChI is InChI=1S/C15H21N3O3/c1-10-4-5-11(13(19)8-10)14(20)18-7-6-16-9-12(18)15(21)17(2)3/h4-5,8,12,16,19H,6-7,9H2,1-3H3. The highest BCUT2D eigenvalue weighted by Crippen LogP contribution is 2.22. The Hall–Kier alpha value is -2.08. The summed E-state index contributed by atoms with van der Waals surface area (Å²) in [6.07, 6.45) is 0. The van der Waals surface area contributed by atoms with Crippen LogP contribution in [0.3, 0.4) is 0 Å². The molecule has 0 bridgehead atoms. The van der Waals surface area contributed by atoms with Crippen LogP contribution in [0, 0.1) is 6.92 Å². The molecule has 1 aliphatic rings. The number of amides is 2. The number of hydrogen-bond acceptors (Lipinski definition) is 4. The molecule has 0 aliphatic carbocycles. The number of hydrogen-bond donors (Lipinski definition) is 2. The first kappa shape index (κ1) is 15.3. The van der Waals surface area contributed by atoms with Crippen LogP contribution in [0.2, 0.25) is 0 Å². The lowest BCUT2D eigenvalue weighted by atomic mass is 10.1. The molecule has 0 saturated carbocycles. The molecule has 6 heteroatoms. The van der Waals surface area contributed by atoms with Crippen LogP contribution in [0.4, 0.5) is 0 Å². The summed E-state index contributed by atoms with van der Waals surface area (Å²) in [6.45, 7) is 3.35. The number of nitrogens with one attached hydrogen (secondary N) is 1. The smallest absolute Gasteiger partial charge is 0.258 e. The van der Waals surface area contributed by atoms with Crippen LogP contribution in [-0.4, -0.2) is 66.5 Å². The van der Waals surface area contributed by atoms with Crippen molar-refractivity contribution in [3.63, 3.8) is 0 Å². The van der Waals surface area contributed by atoms with Gasteiger partial charge >= 0.3 is 0 Å². The van der Waals surface area contributed by atoms with Crippen molar-refractivity contribution in [3.8, 4) is 5.75 Å². The predicted molar refractivity (Wildman–Crippen MR) is 79.2 cm³/mol. The number of aryl methyl sites for hydroxylation is 1. The number of phenols is 1. The van der Waals surface area contributed by atoms with Gasteiger partial charge < -0.3 is 20.2 Å². The van der Waals surface area contributed by atoms with E-state index in [1.807, 2.05) is 6.92 Å². The number of carbonyl (C=O) groups excluding carboxylic acids is 2. The van der Waals surface area contributed by atoms with Gasteiger partial charge in [-0.3, -0.25) is 9.59 Å². The van der Waals surface area contributed by atoms with Gasteiger partial charge in [0.05, 0.1) is 5.56 Å². The molecule has 1 heterocycles. The van der Waals surface area contributed by atoms with E-state index in [9.17, 15) is 14.7 Å². The highest BCUT2D eigenvalue weighted by Gasteiger charge is 2.34. The van der Waals surface area contributed by atoms with E-state index in [-0.39, 0.29) is 23.1 Å². The molecule has 1 aliphatic heterocycles. The molecule has 21 heavy (non-hydrogen) atoms. The number of likely N-dealkylation sites (N-methyl/N-ethyl adjacent to an activating group) is 1. The van der Waals surface area contributed by atoms with E-state index in [0.717, 1.165) is 5.56 Å². The third-order valence-electron chi connectivity index (χ3n) is 3.61. The molecule has 1 fully saturated rings. The molecule has 0 radical (unpaired) electrons. The zero-order valence-electron chi connectivity index (χ0n) is 12.6. The second-order valence-electron chi connectivity index (χ2n) is 5.47. The Morgan fingerprint density at radius 2 is 2.10 bits per heavy atom. The third kappa shape index (κ3) is 3.16. The molecular weight excluding hydrogens is 270 g/mol. The van der Waals surface area contributed by atoms with Crippen LogP contribution in [0.25, 0.3) is 0 Å². The van der Waals surface area contributed by atoms with Gasteiger partial charge in [0.15, 0.2) is 0 Å². The predicted octanol–water partition coefficient (Wildman–Crippen LogP) is 0.203. The number of benzene rings is 1. The van der Waals surface area contributed by atoms with Crippen LogP contribution < -0.4 is 5.32 Å². The Morgan fingerprint density at radius 3 is 2.71 bits per heavy atom. The SMILES string of the molecule is Cc1ccc(C(=O)N2CCNCC2C(=O)N(C)C)c(O)c1. The number of phenolic OH excluding ortho intramolecular Hbond substituents is 1. The summed E-state index contributed by atoms with van der Waals surface area (Å²) in [5.41, 5.74) is 1.12. The summed E-state index contributed by atoms with van der Waals surface area (Å²) < 4.78 is 0. The molecule has 2 N–H and O–H groups in total. The van der Waals surface area contributed by atoms with E-state index >= 15 is 0 Å². The first-order valence-electron chi connectivity index (χ1n) is 6.94. The zero-order chi connectivity index (χ0) is 15.6. The Bertz CT molecular complexity index is 557. The van der Waals surface area contributed by atoms with Gasteiger partial charge in [-0.25, -0.2) is 0 Å². The van der Waals surface area contributed by atoms with Crippen molar-refractivity contribution in [2.75, 3.05) is 33.7 Å². The molecule has 2 rings (SSSR count). The molecule has 1 atom stereocenters. The Labute approximate surface area is 124 Å². The van der Waals surface area contributed by atoms with Gasteiger partial charge in [0.2, 0.25) is 5.91 Å². The summed E-state index contributed by atoms with van der Waals surface area (Å²) in [4.78, 5) is 27.9. The molecule has 0 spiro atoms. The number of aromatic hydroxyl groups is 1. The summed E-state index contributed by atoms with van der Waals surface area (Å²) in [6, 6.07) is 4.39. The topological polar surface area (TPSA) is 72.9 Å². The molecule has 2 amide bonds. The van der Waals surface area contributed by atoms with E-state index in [4.69, 9.17) is 0 Å². The molecule has 114 valence electrons. The average molecular weight is 291 g/mol. The van der Waals surface area contributed by atoms with Crippen molar-refractivity contribution in [2.45, 2.75) is 13.0 Å². The van der Waals surface area contributed by atoms with Crippen LogP contribution in [0.15, 0.2) is 18.2 Å². The molecule has 6 nitrogen and oxygen atoms in total. The van der Waals surface area contributed by atoms with Crippen molar-refractivity contribution in [1.29, 1.82) is 0 Å². The molecule has 1 saturated heterocycles. The highest BCUT2D eigenvalue weighted by atomic mass is 16.3. The first-order chi connectivity index (χ1) is 9.91. The lowest BCUT2D eigenvalue weighted by Gasteiger charge is -2.36. The Kier molecular flexibility index (Phi) is 4.47. The lowest BCUT2D eigenvalue weighted by molar-refractivity contribution is -0.134. The second-order valence-corrected chi connectivity index (χ2v) is 5.47. The van der Waals surface area contributed by atoms with Crippen LogP contribution in [-0.2, 0) is 4.79 Å². The normalized spacial score (nSPS) is 18.4. The van der Waals surface area contributed by atoms with Crippen LogP contribution in [0.5, 0.6) is 5.75 Å². The maximum Gasteiger partial charge on any atom is 0.258 e. The molecule has 1 unspecified atom stereocenters. The van der Waals surface area contributed by atoms with Gasteiger partial charge in [0, 0.05) is 33.7 Å².